The zero-order valence-corrected chi connectivity index (χ0v) is 11.2. The smallest absolute Gasteiger partial charge is 0.541 e. The largest absolute Gasteiger partial charge is 1.00 e. The molecular weight excluding hydrogens is 226 g/mol. The second kappa shape index (κ2) is 7.03. The molecule has 15 heavy (non-hydrogen) atoms. The van der Waals surface area contributed by atoms with E-state index in [1.807, 2.05) is 0 Å². The molecular formula is C10H6FKO3. The summed E-state index contributed by atoms with van der Waals surface area (Å²) in [7, 11) is 0. The van der Waals surface area contributed by atoms with Crippen LogP contribution in [0.5, 0.6) is 0 Å². The maximum absolute atomic E-state index is 12.6. The average molecular weight is 232 g/mol. The van der Waals surface area contributed by atoms with Crippen molar-refractivity contribution < 1.29 is 70.5 Å². The van der Waals surface area contributed by atoms with Crippen molar-refractivity contribution in [1.82, 2.24) is 0 Å². The molecule has 0 aliphatic heterocycles. The topological polar surface area (TPSA) is 57.2 Å². The van der Waals surface area contributed by atoms with Crippen LogP contribution in [0, 0.1) is 5.82 Å². The summed E-state index contributed by atoms with van der Waals surface area (Å²) < 4.78 is 12.6. The Hall–Kier alpha value is -0.334. The predicted molar refractivity (Wildman–Crippen MR) is 45.4 cm³/mol. The van der Waals surface area contributed by atoms with Crippen molar-refractivity contribution >= 4 is 17.8 Å². The minimum Gasteiger partial charge on any atom is -0.541 e. The third-order valence-corrected chi connectivity index (χ3v) is 1.48. The third kappa shape index (κ3) is 5.34. The van der Waals surface area contributed by atoms with Gasteiger partial charge in [0.15, 0.2) is 0 Å². The maximum Gasteiger partial charge on any atom is 1.00 e. The Balaban J connectivity index is 0.00000196. The van der Waals surface area contributed by atoms with Gasteiger partial charge in [-0.15, -0.1) is 0 Å². The van der Waals surface area contributed by atoms with Crippen molar-refractivity contribution in [1.29, 1.82) is 0 Å². The molecule has 0 heterocycles. The molecule has 0 saturated heterocycles. The monoisotopic (exact) mass is 232 g/mol. The fraction of sp³-hybridized carbons (Fsp3) is 0. The summed E-state index contributed by atoms with van der Waals surface area (Å²) in [6, 6.07) is 5.43. The number of carbonyl (C=O) groups is 2. The molecule has 72 valence electrons. The van der Waals surface area contributed by atoms with Gasteiger partial charge >= 0.3 is 51.4 Å². The van der Waals surface area contributed by atoms with Gasteiger partial charge in [0, 0.05) is 0 Å². The number of benzene rings is 1. The molecule has 0 N–H and O–H groups in total. The van der Waals surface area contributed by atoms with Crippen LogP contribution >= 0.6 is 0 Å². The maximum atomic E-state index is 12.6. The molecule has 0 radical (unpaired) electrons. The van der Waals surface area contributed by atoms with E-state index in [0.717, 1.165) is 6.08 Å². The average Bonchev–Trinajstić information content (AvgIpc) is 2.14. The van der Waals surface area contributed by atoms with Crippen LogP contribution in [-0.4, -0.2) is 11.8 Å². The molecule has 0 amide bonds. The van der Waals surface area contributed by atoms with E-state index in [2.05, 4.69) is 0 Å². The number of rotatable bonds is 3. The first-order valence-corrected chi connectivity index (χ1v) is 3.78. The van der Waals surface area contributed by atoms with Crippen LogP contribution in [0.15, 0.2) is 30.3 Å². The van der Waals surface area contributed by atoms with Crippen LogP contribution in [0.3, 0.4) is 0 Å². The molecule has 0 atom stereocenters. The molecule has 0 unspecified atom stereocenters. The molecule has 0 aromatic heterocycles. The Morgan fingerprint density at radius 1 is 1.33 bits per heavy atom. The SMILES string of the molecule is O=C([O-])C(=O)/C=C/c1cccc(F)c1.[K+]. The number of ketones is 1. The van der Waals surface area contributed by atoms with E-state index < -0.39 is 17.6 Å². The van der Waals surface area contributed by atoms with Gasteiger partial charge in [-0.2, -0.15) is 0 Å². The number of halogens is 1. The van der Waals surface area contributed by atoms with E-state index in [0.29, 0.717) is 5.56 Å². The van der Waals surface area contributed by atoms with Gasteiger partial charge in [-0.1, -0.05) is 18.2 Å². The number of hydrogen-bond acceptors (Lipinski definition) is 3. The van der Waals surface area contributed by atoms with Gasteiger partial charge in [0.05, 0.1) is 0 Å². The second-order valence-corrected chi connectivity index (χ2v) is 2.54. The van der Waals surface area contributed by atoms with E-state index in [4.69, 9.17) is 0 Å². The first-order chi connectivity index (χ1) is 6.59. The molecule has 3 nitrogen and oxygen atoms in total. The van der Waals surface area contributed by atoms with Gasteiger partial charge in [-0.3, -0.25) is 4.79 Å². The number of carbonyl (C=O) groups excluding carboxylic acids is 2. The van der Waals surface area contributed by atoms with Gasteiger partial charge in [0.1, 0.15) is 11.8 Å². The van der Waals surface area contributed by atoms with Crippen molar-refractivity contribution in [2.45, 2.75) is 0 Å². The molecule has 0 saturated carbocycles. The molecule has 1 rings (SSSR count). The minimum absolute atomic E-state index is 0. The molecule has 0 aliphatic carbocycles. The minimum atomic E-state index is -1.78. The van der Waals surface area contributed by atoms with E-state index in [9.17, 15) is 19.1 Å². The van der Waals surface area contributed by atoms with Crippen molar-refractivity contribution in [3.8, 4) is 0 Å². The summed E-state index contributed by atoms with van der Waals surface area (Å²) in [4.78, 5) is 20.6. The molecule has 1 aromatic rings. The van der Waals surface area contributed by atoms with E-state index in [1.54, 1.807) is 6.07 Å². The molecule has 0 fully saturated rings. The van der Waals surface area contributed by atoms with Crippen LogP contribution in [0.1, 0.15) is 5.56 Å². The van der Waals surface area contributed by atoms with Gasteiger partial charge in [0.2, 0.25) is 5.78 Å². The normalized spacial score (nSPS) is 9.67. The predicted octanol–water partition coefficient (Wildman–Crippen LogP) is -2.84. The summed E-state index contributed by atoms with van der Waals surface area (Å²) in [5, 5.41) is 10.0. The summed E-state index contributed by atoms with van der Waals surface area (Å²) in [5.74, 6) is -3.38. The first-order valence-electron chi connectivity index (χ1n) is 3.78. The van der Waals surface area contributed by atoms with Crippen LogP contribution in [0.25, 0.3) is 6.08 Å². The van der Waals surface area contributed by atoms with Crippen molar-refractivity contribution in [3.63, 3.8) is 0 Å². The molecule has 0 aliphatic rings. The van der Waals surface area contributed by atoms with Gasteiger partial charge < -0.3 is 9.90 Å². The van der Waals surface area contributed by atoms with Crippen molar-refractivity contribution in [2.24, 2.45) is 0 Å². The Morgan fingerprint density at radius 3 is 2.53 bits per heavy atom. The Labute approximate surface area is 128 Å². The molecule has 0 bridgehead atoms. The van der Waals surface area contributed by atoms with Crippen LogP contribution in [0.2, 0.25) is 0 Å². The van der Waals surface area contributed by atoms with Crippen molar-refractivity contribution in [3.05, 3.63) is 41.7 Å². The molecule has 1 aromatic carbocycles. The van der Waals surface area contributed by atoms with Gasteiger partial charge in [-0.05, 0) is 23.8 Å². The summed E-state index contributed by atoms with van der Waals surface area (Å²) >= 11 is 0. The fourth-order valence-electron chi connectivity index (χ4n) is 0.850. The number of carboxylic acids is 1. The fourth-order valence-corrected chi connectivity index (χ4v) is 0.850. The summed E-state index contributed by atoms with van der Waals surface area (Å²) in [6.45, 7) is 0. The first kappa shape index (κ1) is 14.7. The van der Waals surface area contributed by atoms with Crippen molar-refractivity contribution in [2.75, 3.05) is 0 Å². The zero-order chi connectivity index (χ0) is 10.6. The van der Waals surface area contributed by atoms with Crippen LogP contribution in [-0.2, 0) is 9.59 Å². The van der Waals surface area contributed by atoms with Gasteiger partial charge in [-0.25, -0.2) is 4.39 Å². The standard InChI is InChI=1S/C10H7FO3.K/c11-8-3-1-2-7(6-8)4-5-9(12)10(13)14;/h1-6H,(H,13,14);/q;+1/p-1/b5-4+;. The number of carboxylic acid groups (broad SMARTS) is 1. The van der Waals surface area contributed by atoms with Gasteiger partial charge in [0.25, 0.3) is 0 Å². The molecule has 0 spiro atoms. The summed E-state index contributed by atoms with van der Waals surface area (Å²) in [6.07, 6.45) is 2.03. The Bertz CT molecular complexity index is 401. The summed E-state index contributed by atoms with van der Waals surface area (Å²) in [5.41, 5.74) is 0.416. The zero-order valence-electron chi connectivity index (χ0n) is 8.07. The second-order valence-electron chi connectivity index (χ2n) is 2.54. The van der Waals surface area contributed by atoms with E-state index >= 15 is 0 Å². The van der Waals surface area contributed by atoms with Crippen LogP contribution < -0.4 is 56.5 Å². The third-order valence-electron chi connectivity index (χ3n) is 1.48. The molecule has 5 heteroatoms. The number of hydrogen-bond donors (Lipinski definition) is 0. The quantitative estimate of drug-likeness (QED) is 0.320. The van der Waals surface area contributed by atoms with E-state index in [-0.39, 0.29) is 51.4 Å². The van der Waals surface area contributed by atoms with Crippen LogP contribution in [0.4, 0.5) is 4.39 Å². The Morgan fingerprint density at radius 2 is 2.00 bits per heavy atom. The van der Waals surface area contributed by atoms with E-state index in [1.165, 1.54) is 24.3 Å². The Kier molecular flexibility index (Phi) is 6.87. The number of aliphatic carboxylic acids is 1.